The second-order valence-electron chi connectivity index (χ2n) is 5.60. The summed E-state index contributed by atoms with van der Waals surface area (Å²) in [6.45, 7) is 2.06. The minimum absolute atomic E-state index is 0.166. The van der Waals surface area contributed by atoms with Gasteiger partial charge < -0.3 is 9.84 Å². The maximum absolute atomic E-state index is 11.2. The minimum Gasteiger partial charge on any atom is -0.478 e. The Hall–Kier alpha value is -2.29. The summed E-state index contributed by atoms with van der Waals surface area (Å²) in [7, 11) is 0. The van der Waals surface area contributed by atoms with Crippen LogP contribution in [-0.4, -0.2) is 17.2 Å². The highest BCUT2D eigenvalue weighted by Crippen LogP contribution is 2.35. The van der Waals surface area contributed by atoms with Crippen molar-refractivity contribution < 1.29 is 14.6 Å². The third-order valence-corrected chi connectivity index (χ3v) is 3.80. The Morgan fingerprint density at radius 3 is 2.05 bits per heavy atom. The van der Waals surface area contributed by atoms with E-state index in [4.69, 9.17) is 4.74 Å². The van der Waals surface area contributed by atoms with Crippen LogP contribution in [0.1, 0.15) is 18.4 Å². The zero-order chi connectivity index (χ0) is 14.8. The molecule has 1 atom stereocenters. The van der Waals surface area contributed by atoms with E-state index >= 15 is 0 Å². The fraction of sp³-hybridized carbons (Fsp3) is 0.278. The van der Waals surface area contributed by atoms with Gasteiger partial charge in [0.2, 0.25) is 0 Å². The van der Waals surface area contributed by atoms with Crippen molar-refractivity contribution in [2.75, 3.05) is 0 Å². The highest BCUT2D eigenvalue weighted by Gasteiger charge is 2.38. The molecule has 0 amide bonds. The van der Waals surface area contributed by atoms with Crippen molar-refractivity contribution in [1.82, 2.24) is 0 Å². The van der Waals surface area contributed by atoms with Gasteiger partial charge in [0, 0.05) is 5.92 Å². The molecule has 1 N–H and O–H groups in total. The second kappa shape index (κ2) is 5.60. The first kappa shape index (κ1) is 13.7. The van der Waals surface area contributed by atoms with E-state index in [1.54, 1.807) is 0 Å². The van der Waals surface area contributed by atoms with Crippen LogP contribution in [0, 0.1) is 12.8 Å². The van der Waals surface area contributed by atoms with Gasteiger partial charge in [0.05, 0.1) is 0 Å². The summed E-state index contributed by atoms with van der Waals surface area (Å²) in [5, 5.41) is 9.18. The van der Waals surface area contributed by atoms with Gasteiger partial charge in [0.1, 0.15) is 5.75 Å². The highest BCUT2D eigenvalue weighted by atomic mass is 16.5. The molecule has 3 nitrogen and oxygen atoms in total. The molecule has 1 fully saturated rings. The third kappa shape index (κ3) is 3.24. The van der Waals surface area contributed by atoms with Gasteiger partial charge in [0.25, 0.3) is 0 Å². The quantitative estimate of drug-likeness (QED) is 0.904. The third-order valence-electron chi connectivity index (χ3n) is 3.80. The van der Waals surface area contributed by atoms with Gasteiger partial charge in [-0.3, -0.25) is 0 Å². The molecule has 1 saturated carbocycles. The van der Waals surface area contributed by atoms with Gasteiger partial charge in [-0.15, -0.1) is 0 Å². The van der Waals surface area contributed by atoms with E-state index in [2.05, 4.69) is 31.2 Å². The lowest BCUT2D eigenvalue weighted by atomic mass is 10.0. The number of aryl methyl sites for hydroxylation is 1. The molecule has 0 bridgehead atoms. The molecule has 0 heterocycles. The first-order valence-corrected chi connectivity index (χ1v) is 7.20. The summed E-state index contributed by atoms with van der Waals surface area (Å²) in [4.78, 5) is 11.2. The average Bonchev–Trinajstić information content (AvgIpc) is 3.30. The Morgan fingerprint density at radius 2 is 1.57 bits per heavy atom. The van der Waals surface area contributed by atoms with Crippen LogP contribution in [0.5, 0.6) is 5.75 Å². The zero-order valence-electron chi connectivity index (χ0n) is 12.0. The first-order chi connectivity index (χ1) is 10.1. The summed E-state index contributed by atoms with van der Waals surface area (Å²) in [6.07, 6.45) is 1.17. The molecule has 0 aromatic heterocycles. The summed E-state index contributed by atoms with van der Waals surface area (Å²) in [6, 6.07) is 15.9. The number of aliphatic carboxylic acids is 1. The van der Waals surface area contributed by atoms with E-state index in [0.29, 0.717) is 5.75 Å². The van der Waals surface area contributed by atoms with Crippen LogP contribution in [-0.2, 0) is 4.79 Å². The van der Waals surface area contributed by atoms with Crippen LogP contribution in [0.25, 0.3) is 11.1 Å². The monoisotopic (exact) mass is 282 g/mol. The molecule has 3 heteroatoms. The number of carboxylic acid groups (broad SMARTS) is 1. The van der Waals surface area contributed by atoms with Crippen molar-refractivity contribution in [3.05, 3.63) is 54.1 Å². The molecule has 0 saturated heterocycles. The van der Waals surface area contributed by atoms with Gasteiger partial charge in [-0.25, -0.2) is 4.79 Å². The van der Waals surface area contributed by atoms with E-state index in [-0.39, 0.29) is 5.92 Å². The maximum atomic E-state index is 11.2. The van der Waals surface area contributed by atoms with Crippen molar-refractivity contribution in [3.63, 3.8) is 0 Å². The van der Waals surface area contributed by atoms with Crippen LogP contribution in [0.2, 0.25) is 0 Å². The number of carboxylic acids is 1. The molecule has 1 unspecified atom stereocenters. The SMILES string of the molecule is Cc1ccc(-c2ccc(OC(C(=O)O)C3CC3)cc2)cc1. The molecule has 3 rings (SSSR count). The smallest absolute Gasteiger partial charge is 0.345 e. The molecule has 21 heavy (non-hydrogen) atoms. The topological polar surface area (TPSA) is 46.5 Å². The van der Waals surface area contributed by atoms with E-state index in [0.717, 1.165) is 24.0 Å². The lowest BCUT2D eigenvalue weighted by Crippen LogP contribution is -2.29. The van der Waals surface area contributed by atoms with Crippen molar-refractivity contribution in [3.8, 4) is 16.9 Å². The fourth-order valence-electron chi connectivity index (χ4n) is 2.37. The summed E-state index contributed by atoms with van der Waals surface area (Å²) < 4.78 is 5.61. The number of hydrogen-bond donors (Lipinski definition) is 1. The first-order valence-electron chi connectivity index (χ1n) is 7.20. The largest absolute Gasteiger partial charge is 0.478 e. The Morgan fingerprint density at radius 1 is 1.05 bits per heavy atom. The standard InChI is InChI=1S/C18H18O3/c1-12-2-4-13(5-3-12)14-8-10-16(11-9-14)21-17(18(19)20)15-6-7-15/h2-5,8-11,15,17H,6-7H2,1H3,(H,19,20). The van der Waals surface area contributed by atoms with Crippen molar-refractivity contribution in [2.45, 2.75) is 25.9 Å². The Bertz CT molecular complexity index is 625. The van der Waals surface area contributed by atoms with Crippen LogP contribution in [0.4, 0.5) is 0 Å². The fourth-order valence-corrected chi connectivity index (χ4v) is 2.37. The van der Waals surface area contributed by atoms with Crippen LogP contribution in [0.3, 0.4) is 0 Å². The molecule has 108 valence electrons. The predicted molar refractivity (Wildman–Crippen MR) is 81.4 cm³/mol. The van der Waals surface area contributed by atoms with Crippen LogP contribution in [0.15, 0.2) is 48.5 Å². The van der Waals surface area contributed by atoms with Crippen molar-refractivity contribution in [1.29, 1.82) is 0 Å². The van der Waals surface area contributed by atoms with E-state index < -0.39 is 12.1 Å². The highest BCUT2D eigenvalue weighted by molar-refractivity contribution is 5.73. The Balaban J connectivity index is 1.74. The number of ether oxygens (including phenoxy) is 1. The summed E-state index contributed by atoms with van der Waals surface area (Å²) in [5.74, 6) is -0.0930. The molecular formula is C18H18O3. The van der Waals surface area contributed by atoms with E-state index in [1.807, 2.05) is 24.3 Å². The maximum Gasteiger partial charge on any atom is 0.345 e. The van der Waals surface area contributed by atoms with Crippen molar-refractivity contribution in [2.24, 2.45) is 5.92 Å². The molecule has 1 aliphatic carbocycles. The zero-order valence-corrected chi connectivity index (χ0v) is 12.0. The molecule has 0 spiro atoms. The van der Waals surface area contributed by atoms with Gasteiger partial charge in [-0.2, -0.15) is 0 Å². The summed E-state index contributed by atoms with van der Waals surface area (Å²) in [5.41, 5.74) is 3.47. The lowest BCUT2D eigenvalue weighted by Gasteiger charge is -2.14. The second-order valence-corrected chi connectivity index (χ2v) is 5.60. The Kier molecular flexibility index (Phi) is 3.65. The van der Waals surface area contributed by atoms with Gasteiger partial charge in [-0.1, -0.05) is 42.0 Å². The average molecular weight is 282 g/mol. The molecule has 0 radical (unpaired) electrons. The lowest BCUT2D eigenvalue weighted by molar-refractivity contribution is -0.146. The normalized spacial score (nSPS) is 15.5. The van der Waals surface area contributed by atoms with E-state index in [1.165, 1.54) is 5.56 Å². The van der Waals surface area contributed by atoms with Crippen molar-refractivity contribution >= 4 is 5.97 Å². The minimum atomic E-state index is -0.875. The predicted octanol–water partition coefficient (Wildman–Crippen LogP) is 3.90. The molecule has 2 aromatic carbocycles. The molecule has 2 aromatic rings. The molecular weight excluding hydrogens is 264 g/mol. The number of rotatable bonds is 5. The van der Waals surface area contributed by atoms with E-state index in [9.17, 15) is 9.90 Å². The number of benzene rings is 2. The molecule has 1 aliphatic rings. The summed E-state index contributed by atoms with van der Waals surface area (Å²) >= 11 is 0. The van der Waals surface area contributed by atoms with Crippen LogP contribution < -0.4 is 4.74 Å². The molecule has 0 aliphatic heterocycles. The van der Waals surface area contributed by atoms with Gasteiger partial charge in [-0.05, 0) is 43.0 Å². The Labute approximate surface area is 124 Å². The number of carbonyl (C=O) groups is 1. The van der Waals surface area contributed by atoms with Gasteiger partial charge >= 0.3 is 5.97 Å². The van der Waals surface area contributed by atoms with Crippen LogP contribution >= 0.6 is 0 Å². The number of hydrogen-bond acceptors (Lipinski definition) is 2. The van der Waals surface area contributed by atoms with Gasteiger partial charge in [0.15, 0.2) is 6.10 Å².